The molecule has 1 aromatic carbocycles. The van der Waals surface area contributed by atoms with E-state index in [1.807, 2.05) is 0 Å². The molecule has 0 saturated heterocycles. The lowest BCUT2D eigenvalue weighted by Gasteiger charge is -2.27. The molecule has 0 amide bonds. The second kappa shape index (κ2) is 4.49. The van der Waals surface area contributed by atoms with Crippen molar-refractivity contribution in [2.45, 2.75) is 11.8 Å². The fourth-order valence-corrected chi connectivity index (χ4v) is 2.05. The molecule has 0 aromatic heterocycles. The van der Waals surface area contributed by atoms with Gasteiger partial charge in [-0.15, -0.1) is 0 Å². The summed E-state index contributed by atoms with van der Waals surface area (Å²) in [5.74, 6) is -2.04. The van der Waals surface area contributed by atoms with Gasteiger partial charge in [-0.1, -0.05) is 36.4 Å². The average Bonchev–Trinajstić information content (AvgIpc) is 2.39. The van der Waals surface area contributed by atoms with Crippen molar-refractivity contribution in [3.05, 3.63) is 59.7 Å². The first-order valence-corrected chi connectivity index (χ1v) is 5.48. The van der Waals surface area contributed by atoms with Gasteiger partial charge in [0.25, 0.3) is 0 Å². The topological polar surface area (TPSA) is 74.6 Å². The van der Waals surface area contributed by atoms with Crippen molar-refractivity contribution in [1.82, 2.24) is 0 Å². The Morgan fingerprint density at radius 1 is 1.17 bits per heavy atom. The minimum Gasteiger partial charge on any atom is -0.480 e. The molecule has 1 aromatic rings. The molecule has 2 rings (SSSR count). The third-order valence-electron chi connectivity index (χ3n) is 3.07. The Kier molecular flexibility index (Phi) is 3.02. The van der Waals surface area contributed by atoms with Crippen LogP contribution in [0.1, 0.15) is 22.3 Å². The molecule has 0 bridgehead atoms. The molecule has 4 nitrogen and oxygen atoms in total. The standard InChI is InChI=1S/C14H12O4/c15-12(16)10-5-4-6-11(9-10)14(13(17)18)7-2-1-3-8-14/h1-7,9H,8H2,(H,15,16)(H,17,18). The summed E-state index contributed by atoms with van der Waals surface area (Å²) in [6.45, 7) is 0. The maximum Gasteiger partial charge on any atom is 0.335 e. The molecule has 0 heterocycles. The molecule has 0 saturated carbocycles. The number of aliphatic carboxylic acids is 1. The van der Waals surface area contributed by atoms with Crippen LogP contribution in [0.25, 0.3) is 0 Å². The van der Waals surface area contributed by atoms with E-state index < -0.39 is 17.4 Å². The molecular weight excluding hydrogens is 232 g/mol. The summed E-state index contributed by atoms with van der Waals surface area (Å²) in [7, 11) is 0. The highest BCUT2D eigenvalue weighted by Gasteiger charge is 2.37. The Balaban J connectivity index is 2.53. The zero-order valence-corrected chi connectivity index (χ0v) is 9.54. The maximum atomic E-state index is 11.5. The van der Waals surface area contributed by atoms with Crippen LogP contribution in [0.4, 0.5) is 0 Å². The van der Waals surface area contributed by atoms with Gasteiger partial charge in [-0.25, -0.2) is 4.79 Å². The van der Waals surface area contributed by atoms with Crippen molar-refractivity contribution >= 4 is 11.9 Å². The number of rotatable bonds is 3. The molecular formula is C14H12O4. The molecule has 2 N–H and O–H groups in total. The third-order valence-corrected chi connectivity index (χ3v) is 3.07. The Morgan fingerprint density at radius 2 is 1.94 bits per heavy atom. The van der Waals surface area contributed by atoms with Crippen LogP contribution in [0.5, 0.6) is 0 Å². The zero-order chi connectivity index (χ0) is 13.2. The van der Waals surface area contributed by atoms with E-state index in [-0.39, 0.29) is 5.56 Å². The average molecular weight is 244 g/mol. The minimum atomic E-state index is -1.17. The lowest BCUT2D eigenvalue weighted by Crippen LogP contribution is -2.34. The van der Waals surface area contributed by atoms with E-state index in [4.69, 9.17) is 5.11 Å². The number of hydrogen-bond acceptors (Lipinski definition) is 2. The Morgan fingerprint density at radius 3 is 2.50 bits per heavy atom. The van der Waals surface area contributed by atoms with E-state index in [9.17, 15) is 14.7 Å². The first kappa shape index (κ1) is 12.1. The van der Waals surface area contributed by atoms with Gasteiger partial charge in [0.05, 0.1) is 5.56 Å². The van der Waals surface area contributed by atoms with Gasteiger partial charge in [0.2, 0.25) is 0 Å². The molecule has 0 fully saturated rings. The number of hydrogen-bond donors (Lipinski definition) is 2. The number of carboxylic acid groups (broad SMARTS) is 2. The van der Waals surface area contributed by atoms with Crippen LogP contribution >= 0.6 is 0 Å². The summed E-state index contributed by atoms with van der Waals surface area (Å²) in [5, 5.41) is 18.4. The number of benzene rings is 1. The van der Waals surface area contributed by atoms with Crippen molar-refractivity contribution in [3.8, 4) is 0 Å². The molecule has 4 heteroatoms. The Hall–Kier alpha value is -2.36. The van der Waals surface area contributed by atoms with E-state index in [2.05, 4.69) is 0 Å². The molecule has 92 valence electrons. The highest BCUT2D eigenvalue weighted by Crippen LogP contribution is 2.33. The molecule has 0 radical (unpaired) electrons. The second-order valence-corrected chi connectivity index (χ2v) is 4.15. The lowest BCUT2D eigenvalue weighted by molar-refractivity contribution is -0.141. The van der Waals surface area contributed by atoms with Crippen LogP contribution in [-0.2, 0) is 10.2 Å². The SMILES string of the molecule is O=C(O)c1cccc(C2(C(=O)O)C=CC=CC2)c1. The number of allylic oxidation sites excluding steroid dienone is 3. The molecule has 1 unspecified atom stereocenters. The van der Waals surface area contributed by atoms with Crippen molar-refractivity contribution in [1.29, 1.82) is 0 Å². The van der Waals surface area contributed by atoms with Crippen LogP contribution in [0.3, 0.4) is 0 Å². The van der Waals surface area contributed by atoms with Gasteiger partial charge < -0.3 is 10.2 Å². The highest BCUT2D eigenvalue weighted by atomic mass is 16.4. The number of carboxylic acids is 2. The van der Waals surface area contributed by atoms with Crippen LogP contribution in [0.2, 0.25) is 0 Å². The van der Waals surface area contributed by atoms with E-state index in [0.717, 1.165) is 0 Å². The zero-order valence-electron chi connectivity index (χ0n) is 9.54. The molecule has 1 aliphatic rings. The van der Waals surface area contributed by atoms with E-state index in [1.165, 1.54) is 12.1 Å². The van der Waals surface area contributed by atoms with Gasteiger partial charge in [0.1, 0.15) is 5.41 Å². The fraction of sp³-hybridized carbons (Fsp3) is 0.143. The van der Waals surface area contributed by atoms with Crippen molar-refractivity contribution in [2.24, 2.45) is 0 Å². The number of aromatic carboxylic acids is 1. The van der Waals surface area contributed by atoms with Gasteiger partial charge in [-0.2, -0.15) is 0 Å². The van der Waals surface area contributed by atoms with E-state index >= 15 is 0 Å². The summed E-state index contributed by atoms with van der Waals surface area (Å²) < 4.78 is 0. The quantitative estimate of drug-likeness (QED) is 0.854. The molecule has 1 atom stereocenters. The Labute approximate surface area is 104 Å². The van der Waals surface area contributed by atoms with Crippen molar-refractivity contribution in [3.63, 3.8) is 0 Å². The van der Waals surface area contributed by atoms with Gasteiger partial charge in [-0.05, 0) is 24.1 Å². The van der Waals surface area contributed by atoms with Gasteiger partial charge in [0.15, 0.2) is 0 Å². The first-order chi connectivity index (χ1) is 8.56. The van der Waals surface area contributed by atoms with E-state index in [0.29, 0.717) is 12.0 Å². The smallest absolute Gasteiger partial charge is 0.335 e. The van der Waals surface area contributed by atoms with Crippen LogP contribution in [-0.4, -0.2) is 22.2 Å². The molecule has 0 spiro atoms. The second-order valence-electron chi connectivity index (χ2n) is 4.15. The Bertz CT molecular complexity index is 557. The third kappa shape index (κ3) is 1.93. The normalized spacial score (nSPS) is 21.8. The predicted octanol–water partition coefficient (Wildman–Crippen LogP) is 2.22. The number of carbonyl (C=O) groups is 2. The largest absolute Gasteiger partial charge is 0.480 e. The van der Waals surface area contributed by atoms with Gasteiger partial charge in [-0.3, -0.25) is 4.79 Å². The van der Waals surface area contributed by atoms with Crippen LogP contribution in [0.15, 0.2) is 48.6 Å². The maximum absolute atomic E-state index is 11.5. The predicted molar refractivity (Wildman–Crippen MR) is 65.6 cm³/mol. The van der Waals surface area contributed by atoms with Crippen molar-refractivity contribution < 1.29 is 19.8 Å². The van der Waals surface area contributed by atoms with Crippen molar-refractivity contribution in [2.75, 3.05) is 0 Å². The molecule has 0 aliphatic heterocycles. The van der Waals surface area contributed by atoms with Gasteiger partial charge >= 0.3 is 11.9 Å². The van der Waals surface area contributed by atoms with Crippen LogP contribution < -0.4 is 0 Å². The minimum absolute atomic E-state index is 0.0936. The lowest BCUT2D eigenvalue weighted by atomic mass is 9.75. The monoisotopic (exact) mass is 244 g/mol. The summed E-state index contributed by atoms with van der Waals surface area (Å²) in [5.41, 5.74) is -0.591. The summed E-state index contributed by atoms with van der Waals surface area (Å²) in [6, 6.07) is 6.07. The first-order valence-electron chi connectivity index (χ1n) is 5.48. The highest BCUT2D eigenvalue weighted by molar-refractivity contribution is 5.90. The molecule has 18 heavy (non-hydrogen) atoms. The summed E-state index contributed by atoms with van der Waals surface area (Å²) in [4.78, 5) is 22.5. The van der Waals surface area contributed by atoms with Crippen LogP contribution in [0, 0.1) is 0 Å². The van der Waals surface area contributed by atoms with E-state index in [1.54, 1.807) is 36.4 Å². The molecule has 1 aliphatic carbocycles. The summed E-state index contributed by atoms with van der Waals surface area (Å²) >= 11 is 0. The summed E-state index contributed by atoms with van der Waals surface area (Å²) in [6.07, 6.45) is 7.13. The fourth-order valence-electron chi connectivity index (χ4n) is 2.05. The van der Waals surface area contributed by atoms with Gasteiger partial charge in [0, 0.05) is 0 Å².